The molecule has 0 heterocycles. The number of carbonyl (C=O) groups is 1. The maximum atomic E-state index is 12.3. The molecule has 0 bridgehead atoms. The van der Waals surface area contributed by atoms with Crippen LogP contribution in [-0.4, -0.2) is 25.2 Å². The summed E-state index contributed by atoms with van der Waals surface area (Å²) in [7, 11) is -3.42. The number of nitrogen functional groups attached to an aromatic ring is 1. The van der Waals surface area contributed by atoms with Crippen LogP contribution in [-0.2, 0) is 20.3 Å². The lowest BCUT2D eigenvalue weighted by Gasteiger charge is -2.20. The van der Waals surface area contributed by atoms with Gasteiger partial charge in [-0.3, -0.25) is 0 Å². The fraction of sp³-hybridized carbons (Fsp3) is 0.533. The predicted molar refractivity (Wildman–Crippen MR) is 83.8 cm³/mol. The van der Waals surface area contributed by atoms with Crippen LogP contribution in [0.4, 0.5) is 5.69 Å². The van der Waals surface area contributed by atoms with E-state index in [1.54, 1.807) is 52.8 Å². The number of ether oxygens (including phenoxy) is 1. The van der Waals surface area contributed by atoms with Crippen molar-refractivity contribution in [1.29, 1.82) is 0 Å². The highest BCUT2D eigenvalue weighted by atomic mass is 32.2. The molecule has 0 aromatic heterocycles. The van der Waals surface area contributed by atoms with Gasteiger partial charge in [0.1, 0.15) is 0 Å². The van der Waals surface area contributed by atoms with Gasteiger partial charge in [0, 0.05) is 5.69 Å². The summed E-state index contributed by atoms with van der Waals surface area (Å²) >= 11 is 0. The Morgan fingerprint density at radius 1 is 1.29 bits per heavy atom. The minimum Gasteiger partial charge on any atom is -0.459 e. The maximum Gasteiger partial charge on any atom is 0.340 e. The molecule has 5 nitrogen and oxygen atoms in total. The maximum absolute atomic E-state index is 12.3. The highest BCUT2D eigenvalue weighted by molar-refractivity contribution is 7.91. The Morgan fingerprint density at radius 2 is 1.86 bits per heavy atom. The average molecular weight is 313 g/mol. The SMILES string of the molecule is CC(C)OC(=O)c1c(N)cccc1CS(=O)(=O)C(C)(C)C. The number of benzene rings is 1. The zero-order chi connectivity index (χ0) is 16.4. The predicted octanol–water partition coefficient (Wildman–Crippen LogP) is 2.55. The molecule has 0 fully saturated rings. The van der Waals surface area contributed by atoms with Gasteiger partial charge in [0.05, 0.1) is 22.2 Å². The summed E-state index contributed by atoms with van der Waals surface area (Å²) in [6.07, 6.45) is -0.302. The molecule has 0 radical (unpaired) electrons. The quantitative estimate of drug-likeness (QED) is 0.682. The van der Waals surface area contributed by atoms with Crippen molar-refractivity contribution in [3.8, 4) is 0 Å². The van der Waals surface area contributed by atoms with E-state index in [4.69, 9.17) is 10.5 Å². The van der Waals surface area contributed by atoms with Gasteiger partial charge in [-0.1, -0.05) is 12.1 Å². The van der Waals surface area contributed by atoms with Crippen molar-refractivity contribution >= 4 is 21.5 Å². The monoisotopic (exact) mass is 313 g/mol. The number of hydrogen-bond acceptors (Lipinski definition) is 5. The second-order valence-corrected chi connectivity index (χ2v) is 8.95. The van der Waals surface area contributed by atoms with E-state index in [1.807, 2.05) is 0 Å². The molecule has 0 saturated carbocycles. The molecule has 6 heteroatoms. The van der Waals surface area contributed by atoms with Gasteiger partial charge >= 0.3 is 5.97 Å². The average Bonchev–Trinajstić information content (AvgIpc) is 2.25. The highest BCUT2D eigenvalue weighted by Crippen LogP contribution is 2.26. The summed E-state index contributed by atoms with van der Waals surface area (Å²) in [6.45, 7) is 8.33. The minimum atomic E-state index is -3.42. The van der Waals surface area contributed by atoms with Crippen LogP contribution in [0.15, 0.2) is 18.2 Å². The molecule has 21 heavy (non-hydrogen) atoms. The topological polar surface area (TPSA) is 86.5 Å². The van der Waals surface area contributed by atoms with Gasteiger partial charge in [-0.2, -0.15) is 0 Å². The molecule has 0 spiro atoms. The van der Waals surface area contributed by atoms with Gasteiger partial charge < -0.3 is 10.5 Å². The van der Waals surface area contributed by atoms with Crippen LogP contribution < -0.4 is 5.73 Å². The molecule has 0 amide bonds. The second-order valence-electron chi connectivity index (χ2n) is 6.21. The van der Waals surface area contributed by atoms with E-state index in [1.165, 1.54) is 0 Å². The third kappa shape index (κ3) is 4.20. The van der Waals surface area contributed by atoms with Crippen LogP contribution in [0.3, 0.4) is 0 Å². The zero-order valence-corrected chi connectivity index (χ0v) is 14.0. The Balaban J connectivity index is 3.27. The first-order valence-corrected chi connectivity index (χ1v) is 8.41. The second kappa shape index (κ2) is 6.05. The molecule has 0 aliphatic heterocycles. The third-order valence-corrected chi connectivity index (χ3v) is 5.57. The van der Waals surface area contributed by atoms with Crippen molar-refractivity contribution in [1.82, 2.24) is 0 Å². The van der Waals surface area contributed by atoms with Gasteiger partial charge in [0.25, 0.3) is 0 Å². The van der Waals surface area contributed by atoms with E-state index in [0.717, 1.165) is 0 Å². The molecule has 0 saturated heterocycles. The molecule has 0 aliphatic carbocycles. The van der Waals surface area contributed by atoms with Crippen LogP contribution >= 0.6 is 0 Å². The number of esters is 1. The summed E-state index contributed by atoms with van der Waals surface area (Å²) in [6, 6.07) is 4.79. The van der Waals surface area contributed by atoms with Gasteiger partial charge in [0.2, 0.25) is 0 Å². The Labute approximate surface area is 126 Å². The fourth-order valence-electron chi connectivity index (χ4n) is 1.68. The van der Waals surface area contributed by atoms with E-state index in [9.17, 15) is 13.2 Å². The van der Waals surface area contributed by atoms with Crippen molar-refractivity contribution in [3.05, 3.63) is 29.3 Å². The van der Waals surface area contributed by atoms with E-state index in [-0.39, 0.29) is 23.1 Å². The first-order chi connectivity index (χ1) is 9.45. The molecule has 1 aromatic carbocycles. The summed E-state index contributed by atoms with van der Waals surface area (Å²) in [5.41, 5.74) is 6.56. The van der Waals surface area contributed by atoms with Crippen LogP contribution in [0.25, 0.3) is 0 Å². The molecule has 0 unspecified atom stereocenters. The van der Waals surface area contributed by atoms with Crippen molar-refractivity contribution in [2.45, 2.75) is 51.2 Å². The summed E-state index contributed by atoms with van der Waals surface area (Å²) in [4.78, 5) is 12.1. The van der Waals surface area contributed by atoms with Crippen molar-refractivity contribution in [2.24, 2.45) is 0 Å². The largest absolute Gasteiger partial charge is 0.459 e. The molecular weight excluding hydrogens is 290 g/mol. The number of carbonyl (C=O) groups excluding carboxylic acids is 1. The summed E-state index contributed by atoms with van der Waals surface area (Å²) in [5, 5.41) is 0. The number of rotatable bonds is 4. The van der Waals surface area contributed by atoms with Crippen LogP contribution in [0, 0.1) is 0 Å². The van der Waals surface area contributed by atoms with Gasteiger partial charge in [-0.25, -0.2) is 13.2 Å². The van der Waals surface area contributed by atoms with E-state index >= 15 is 0 Å². The molecule has 1 aromatic rings. The van der Waals surface area contributed by atoms with E-state index < -0.39 is 20.6 Å². The molecular formula is C15H23NO4S. The lowest BCUT2D eigenvalue weighted by atomic mass is 10.1. The first-order valence-electron chi connectivity index (χ1n) is 6.76. The molecule has 0 aliphatic rings. The van der Waals surface area contributed by atoms with E-state index in [2.05, 4.69) is 0 Å². The lowest BCUT2D eigenvalue weighted by Crippen LogP contribution is -2.30. The van der Waals surface area contributed by atoms with Crippen molar-refractivity contribution < 1.29 is 17.9 Å². The standard InChI is InChI=1S/C15H23NO4S/c1-10(2)20-14(17)13-11(7-6-8-12(13)16)9-21(18,19)15(3,4)5/h6-8,10H,9,16H2,1-5H3. The fourth-order valence-corrected chi connectivity index (χ4v) is 2.77. The number of anilines is 1. The molecule has 1 rings (SSSR count). The Morgan fingerprint density at radius 3 is 2.33 bits per heavy atom. The third-order valence-electron chi connectivity index (χ3n) is 3.01. The number of sulfone groups is 1. The number of nitrogens with two attached hydrogens (primary N) is 1. The van der Waals surface area contributed by atoms with Gasteiger partial charge in [-0.15, -0.1) is 0 Å². The van der Waals surface area contributed by atoms with Gasteiger partial charge in [0.15, 0.2) is 9.84 Å². The summed E-state index contributed by atoms with van der Waals surface area (Å²) in [5.74, 6) is -0.841. The normalized spacial score (nSPS) is 12.5. The van der Waals surface area contributed by atoms with Crippen LogP contribution in [0.1, 0.15) is 50.5 Å². The Bertz CT molecular complexity index is 628. The first kappa shape index (κ1) is 17.5. The minimum absolute atomic E-state index is 0.138. The number of hydrogen-bond donors (Lipinski definition) is 1. The summed E-state index contributed by atoms with van der Waals surface area (Å²) < 4.78 is 28.9. The Kier molecular flexibility index (Phi) is 5.04. The van der Waals surface area contributed by atoms with E-state index in [0.29, 0.717) is 5.56 Å². The van der Waals surface area contributed by atoms with Crippen molar-refractivity contribution in [2.75, 3.05) is 5.73 Å². The van der Waals surface area contributed by atoms with Gasteiger partial charge in [-0.05, 0) is 46.2 Å². The highest BCUT2D eigenvalue weighted by Gasteiger charge is 2.31. The lowest BCUT2D eigenvalue weighted by molar-refractivity contribution is 0.0378. The zero-order valence-electron chi connectivity index (χ0n) is 13.1. The Hall–Kier alpha value is -1.56. The molecule has 118 valence electrons. The van der Waals surface area contributed by atoms with Crippen LogP contribution in [0.2, 0.25) is 0 Å². The van der Waals surface area contributed by atoms with Crippen LogP contribution in [0.5, 0.6) is 0 Å². The molecule has 0 atom stereocenters. The van der Waals surface area contributed by atoms with Crippen molar-refractivity contribution in [3.63, 3.8) is 0 Å². The smallest absolute Gasteiger partial charge is 0.340 e. The molecule has 2 N–H and O–H groups in total.